The lowest BCUT2D eigenvalue weighted by atomic mass is 10.1. The van der Waals surface area contributed by atoms with Crippen molar-refractivity contribution in [1.29, 1.82) is 0 Å². The molecule has 1 heterocycles. The maximum absolute atomic E-state index is 12.9. The fraction of sp³-hybridized carbons (Fsp3) is 0.286. The van der Waals surface area contributed by atoms with Crippen molar-refractivity contribution < 1.29 is 14.3 Å². The number of para-hydroxylation sites is 1. The number of rotatable bonds is 7. The molecule has 5 nitrogen and oxygen atoms in total. The van der Waals surface area contributed by atoms with E-state index in [4.69, 9.17) is 9.47 Å². The Morgan fingerprint density at radius 1 is 1.11 bits per heavy atom. The summed E-state index contributed by atoms with van der Waals surface area (Å²) in [6, 6.07) is 13.8. The molecule has 1 aromatic heterocycles. The van der Waals surface area contributed by atoms with Crippen LogP contribution in [0.3, 0.4) is 0 Å². The zero-order valence-corrected chi connectivity index (χ0v) is 17.2. The molecule has 1 unspecified atom stereocenters. The predicted molar refractivity (Wildman–Crippen MR) is 110 cm³/mol. The Morgan fingerprint density at radius 3 is 2.59 bits per heavy atom. The van der Waals surface area contributed by atoms with Crippen LogP contribution in [0.4, 0.5) is 0 Å². The number of H-pyrrole nitrogens is 1. The number of ether oxygens (including phenoxy) is 2. The van der Waals surface area contributed by atoms with Gasteiger partial charge in [0, 0.05) is 30.9 Å². The summed E-state index contributed by atoms with van der Waals surface area (Å²) >= 11 is 3.42. The number of carbonyl (C=O) groups is 1. The first-order chi connectivity index (χ1) is 13.0. The van der Waals surface area contributed by atoms with E-state index in [9.17, 15) is 4.79 Å². The van der Waals surface area contributed by atoms with E-state index < -0.39 is 0 Å². The van der Waals surface area contributed by atoms with Crippen LogP contribution in [0, 0.1) is 0 Å². The standard InChI is InChI=1S/C21H23BrN2O3/c1-14(22)21(25)24(12-16-7-8-18(26-2)11-19(16)27-3)13-17-6-4-5-15-9-10-23-20(15)17/h4-11,14,23H,12-13H2,1-3H3. The second-order valence-electron chi connectivity index (χ2n) is 6.35. The molecule has 0 radical (unpaired) electrons. The molecule has 27 heavy (non-hydrogen) atoms. The van der Waals surface area contributed by atoms with Crippen LogP contribution in [0.1, 0.15) is 18.1 Å². The molecule has 142 valence electrons. The third-order valence-corrected chi connectivity index (χ3v) is 4.93. The van der Waals surface area contributed by atoms with Gasteiger partial charge in [0.05, 0.1) is 24.6 Å². The minimum Gasteiger partial charge on any atom is -0.497 e. The van der Waals surface area contributed by atoms with Gasteiger partial charge >= 0.3 is 0 Å². The Bertz CT molecular complexity index is 936. The zero-order chi connectivity index (χ0) is 19.4. The number of nitrogens with zero attached hydrogens (tertiary/aromatic N) is 1. The molecule has 0 aliphatic heterocycles. The number of nitrogens with one attached hydrogen (secondary N) is 1. The van der Waals surface area contributed by atoms with Gasteiger partial charge in [-0.05, 0) is 36.1 Å². The van der Waals surface area contributed by atoms with Crippen LogP contribution in [0.15, 0.2) is 48.7 Å². The summed E-state index contributed by atoms with van der Waals surface area (Å²) in [5.74, 6) is 1.45. The van der Waals surface area contributed by atoms with Crippen molar-refractivity contribution in [3.8, 4) is 11.5 Å². The van der Waals surface area contributed by atoms with E-state index >= 15 is 0 Å². The molecule has 3 aromatic rings. The number of halogens is 1. The smallest absolute Gasteiger partial charge is 0.236 e. The van der Waals surface area contributed by atoms with E-state index in [-0.39, 0.29) is 10.7 Å². The van der Waals surface area contributed by atoms with Crippen molar-refractivity contribution in [2.45, 2.75) is 24.8 Å². The molecule has 0 saturated carbocycles. The Kier molecular flexibility index (Phi) is 6.06. The number of fused-ring (bicyclic) bond motifs is 1. The van der Waals surface area contributed by atoms with Crippen LogP contribution in [0.5, 0.6) is 11.5 Å². The maximum Gasteiger partial charge on any atom is 0.236 e. The number of benzene rings is 2. The van der Waals surface area contributed by atoms with Gasteiger partial charge in [-0.15, -0.1) is 0 Å². The highest BCUT2D eigenvalue weighted by molar-refractivity contribution is 9.10. The van der Waals surface area contributed by atoms with Gasteiger partial charge in [-0.2, -0.15) is 0 Å². The Balaban J connectivity index is 1.93. The summed E-state index contributed by atoms with van der Waals surface area (Å²) in [7, 11) is 3.24. The summed E-state index contributed by atoms with van der Waals surface area (Å²) in [6.07, 6.45) is 1.92. The third-order valence-electron chi connectivity index (χ3n) is 4.54. The van der Waals surface area contributed by atoms with Crippen molar-refractivity contribution in [3.63, 3.8) is 0 Å². The van der Waals surface area contributed by atoms with Gasteiger partial charge in [0.15, 0.2) is 0 Å². The number of carbonyl (C=O) groups excluding carboxylic acids is 1. The molecular weight excluding hydrogens is 408 g/mol. The highest BCUT2D eigenvalue weighted by Gasteiger charge is 2.21. The van der Waals surface area contributed by atoms with Gasteiger partial charge in [0.2, 0.25) is 5.91 Å². The first kappa shape index (κ1) is 19.3. The molecule has 2 aromatic carbocycles. The monoisotopic (exact) mass is 430 g/mol. The van der Waals surface area contributed by atoms with Crippen molar-refractivity contribution in [2.75, 3.05) is 14.2 Å². The van der Waals surface area contributed by atoms with Gasteiger partial charge < -0.3 is 19.4 Å². The Hall–Kier alpha value is -2.47. The number of amides is 1. The van der Waals surface area contributed by atoms with E-state index in [1.807, 2.05) is 54.4 Å². The lowest BCUT2D eigenvalue weighted by Crippen LogP contribution is -2.34. The van der Waals surface area contributed by atoms with E-state index in [0.29, 0.717) is 18.8 Å². The first-order valence-electron chi connectivity index (χ1n) is 8.72. The van der Waals surface area contributed by atoms with E-state index in [0.717, 1.165) is 27.8 Å². The fourth-order valence-electron chi connectivity index (χ4n) is 3.14. The molecule has 3 rings (SSSR count). The van der Waals surface area contributed by atoms with Gasteiger partial charge in [-0.25, -0.2) is 0 Å². The van der Waals surface area contributed by atoms with Crippen molar-refractivity contribution in [2.24, 2.45) is 0 Å². The van der Waals surface area contributed by atoms with Crippen LogP contribution in [-0.4, -0.2) is 34.8 Å². The van der Waals surface area contributed by atoms with E-state index in [1.165, 1.54) is 0 Å². The molecule has 0 spiro atoms. The number of hydrogen-bond donors (Lipinski definition) is 1. The molecule has 6 heteroatoms. The molecule has 1 atom stereocenters. The molecule has 0 fully saturated rings. The van der Waals surface area contributed by atoms with E-state index in [2.05, 4.69) is 27.0 Å². The van der Waals surface area contributed by atoms with Crippen LogP contribution in [0.25, 0.3) is 10.9 Å². The predicted octanol–water partition coefficient (Wildman–Crippen LogP) is 4.50. The molecule has 0 aliphatic carbocycles. The number of alkyl halides is 1. The molecule has 1 amide bonds. The van der Waals surface area contributed by atoms with Crippen molar-refractivity contribution in [3.05, 3.63) is 59.8 Å². The molecule has 0 saturated heterocycles. The topological polar surface area (TPSA) is 54.6 Å². The first-order valence-corrected chi connectivity index (χ1v) is 9.63. The minimum atomic E-state index is -0.274. The summed E-state index contributed by atoms with van der Waals surface area (Å²) < 4.78 is 10.8. The van der Waals surface area contributed by atoms with Crippen molar-refractivity contribution >= 4 is 32.7 Å². The van der Waals surface area contributed by atoms with Gasteiger partial charge in [-0.3, -0.25) is 4.79 Å². The molecular formula is C21H23BrN2O3. The average Bonchev–Trinajstić information content (AvgIpc) is 3.16. The summed E-state index contributed by atoms with van der Waals surface area (Å²) in [5, 5.41) is 1.13. The summed E-state index contributed by atoms with van der Waals surface area (Å²) in [6.45, 7) is 2.79. The molecule has 1 N–H and O–H groups in total. The van der Waals surface area contributed by atoms with Crippen LogP contribution < -0.4 is 9.47 Å². The number of hydrogen-bond acceptors (Lipinski definition) is 3. The highest BCUT2D eigenvalue weighted by atomic mass is 79.9. The third kappa shape index (κ3) is 4.27. The van der Waals surface area contributed by atoms with Crippen LogP contribution in [0.2, 0.25) is 0 Å². The minimum absolute atomic E-state index is 0.0245. The van der Waals surface area contributed by atoms with E-state index in [1.54, 1.807) is 14.2 Å². The average molecular weight is 431 g/mol. The zero-order valence-electron chi connectivity index (χ0n) is 15.7. The van der Waals surface area contributed by atoms with Crippen LogP contribution in [-0.2, 0) is 17.9 Å². The second-order valence-corrected chi connectivity index (χ2v) is 7.72. The second kappa shape index (κ2) is 8.48. The molecule has 0 aliphatic rings. The van der Waals surface area contributed by atoms with Gasteiger partial charge in [0.25, 0.3) is 0 Å². The largest absolute Gasteiger partial charge is 0.497 e. The maximum atomic E-state index is 12.9. The lowest BCUT2D eigenvalue weighted by molar-refractivity contribution is -0.131. The normalized spacial score (nSPS) is 12.0. The SMILES string of the molecule is COc1ccc(CN(Cc2cccc3cc[nH]c23)C(=O)C(C)Br)c(OC)c1. The van der Waals surface area contributed by atoms with Gasteiger partial charge in [-0.1, -0.05) is 34.1 Å². The quantitative estimate of drug-likeness (QED) is 0.561. The lowest BCUT2D eigenvalue weighted by Gasteiger charge is -2.25. The Labute approximate surface area is 167 Å². The Morgan fingerprint density at radius 2 is 1.89 bits per heavy atom. The summed E-state index contributed by atoms with van der Waals surface area (Å²) in [5.41, 5.74) is 3.06. The number of aromatic nitrogens is 1. The van der Waals surface area contributed by atoms with Crippen molar-refractivity contribution in [1.82, 2.24) is 9.88 Å². The van der Waals surface area contributed by atoms with Crippen LogP contribution >= 0.6 is 15.9 Å². The number of methoxy groups -OCH3 is 2. The van der Waals surface area contributed by atoms with Gasteiger partial charge in [0.1, 0.15) is 11.5 Å². The number of aromatic amines is 1. The molecule has 0 bridgehead atoms. The summed E-state index contributed by atoms with van der Waals surface area (Å²) in [4.78, 5) is 17.7. The fourth-order valence-corrected chi connectivity index (χ4v) is 3.43. The highest BCUT2D eigenvalue weighted by Crippen LogP contribution is 2.27.